The Hall–Kier alpha value is -1.14. The molecule has 2 rings (SSSR count). The van der Waals surface area contributed by atoms with Gasteiger partial charge in [0.15, 0.2) is 0 Å². The van der Waals surface area contributed by atoms with Gasteiger partial charge in [0.2, 0.25) is 5.91 Å². The molecule has 2 aliphatic rings. The van der Waals surface area contributed by atoms with Crippen LogP contribution in [0.1, 0.15) is 27.2 Å². The highest BCUT2D eigenvalue weighted by Crippen LogP contribution is 2.58. The van der Waals surface area contributed by atoms with Crippen molar-refractivity contribution < 1.29 is 19.4 Å². The Labute approximate surface area is 106 Å². The zero-order chi connectivity index (χ0) is 13.7. The number of nitrogens with one attached hydrogen (secondary N) is 1. The summed E-state index contributed by atoms with van der Waals surface area (Å²) >= 11 is 0. The number of carboxylic acid groups (broad SMARTS) is 1. The Morgan fingerprint density at radius 3 is 2.67 bits per heavy atom. The number of carboxylic acids is 1. The van der Waals surface area contributed by atoms with Gasteiger partial charge in [-0.3, -0.25) is 9.59 Å². The standard InChI is InChI=1S/C12H20N2O4/c1-6(9(15)16)14-10(17)12(13)7-4-5-18-8(7)11(12,2)3/h6-8H,4-5,13H2,1-3H3,(H,14,17)(H,15,16)/t6-,7?,8?,12?/m1/s1. The first kappa shape index (κ1) is 13.3. The molecule has 6 heteroatoms. The average Bonchev–Trinajstić information content (AvgIpc) is 2.75. The molecular formula is C12H20N2O4. The van der Waals surface area contributed by atoms with E-state index < -0.39 is 28.9 Å². The first-order chi connectivity index (χ1) is 8.23. The molecular weight excluding hydrogens is 236 g/mol. The van der Waals surface area contributed by atoms with Gasteiger partial charge in [0.25, 0.3) is 0 Å². The number of fused-ring (bicyclic) bond motifs is 1. The fourth-order valence-electron chi connectivity index (χ4n) is 3.22. The third-order valence-corrected chi connectivity index (χ3v) is 4.55. The van der Waals surface area contributed by atoms with Gasteiger partial charge >= 0.3 is 5.97 Å². The van der Waals surface area contributed by atoms with E-state index in [9.17, 15) is 9.59 Å². The number of hydrogen-bond donors (Lipinski definition) is 3. The van der Waals surface area contributed by atoms with Gasteiger partial charge in [0.05, 0.1) is 6.10 Å². The molecule has 0 aromatic rings. The lowest BCUT2D eigenvalue weighted by Crippen LogP contribution is -2.80. The van der Waals surface area contributed by atoms with Crippen molar-refractivity contribution >= 4 is 11.9 Å². The fraction of sp³-hybridized carbons (Fsp3) is 0.833. The normalized spacial score (nSPS) is 38.4. The maximum absolute atomic E-state index is 12.3. The van der Waals surface area contributed by atoms with E-state index in [2.05, 4.69) is 5.32 Å². The Kier molecular flexibility index (Phi) is 2.90. The Morgan fingerprint density at radius 1 is 1.50 bits per heavy atom. The highest BCUT2D eigenvalue weighted by Gasteiger charge is 2.71. The third-order valence-electron chi connectivity index (χ3n) is 4.55. The summed E-state index contributed by atoms with van der Waals surface area (Å²) in [4.78, 5) is 23.0. The Morgan fingerprint density at radius 2 is 2.11 bits per heavy atom. The number of hydrogen-bond acceptors (Lipinski definition) is 4. The molecule has 1 aliphatic heterocycles. The van der Waals surface area contributed by atoms with Crippen LogP contribution in [-0.4, -0.2) is 41.3 Å². The molecule has 1 saturated heterocycles. The van der Waals surface area contributed by atoms with Crippen LogP contribution in [0.15, 0.2) is 0 Å². The molecule has 0 spiro atoms. The topological polar surface area (TPSA) is 102 Å². The van der Waals surface area contributed by atoms with Crippen LogP contribution in [0.25, 0.3) is 0 Å². The molecule has 18 heavy (non-hydrogen) atoms. The minimum absolute atomic E-state index is 0.00613. The summed E-state index contributed by atoms with van der Waals surface area (Å²) in [6.07, 6.45) is 0.743. The van der Waals surface area contributed by atoms with Crippen LogP contribution in [0.3, 0.4) is 0 Å². The van der Waals surface area contributed by atoms with Gasteiger partial charge in [-0.1, -0.05) is 13.8 Å². The van der Waals surface area contributed by atoms with Crippen LogP contribution in [0.4, 0.5) is 0 Å². The van der Waals surface area contributed by atoms with E-state index in [1.54, 1.807) is 0 Å². The summed E-state index contributed by atoms with van der Waals surface area (Å²) in [7, 11) is 0. The van der Waals surface area contributed by atoms with Crippen LogP contribution in [0.2, 0.25) is 0 Å². The molecule has 1 amide bonds. The quantitative estimate of drug-likeness (QED) is 0.644. The molecule has 0 radical (unpaired) electrons. The number of rotatable bonds is 3. The van der Waals surface area contributed by atoms with Crippen molar-refractivity contribution in [2.75, 3.05) is 6.61 Å². The van der Waals surface area contributed by atoms with Crippen molar-refractivity contribution in [1.82, 2.24) is 5.32 Å². The second kappa shape index (κ2) is 3.93. The molecule has 0 aromatic carbocycles. The number of ether oxygens (including phenoxy) is 1. The maximum atomic E-state index is 12.3. The summed E-state index contributed by atoms with van der Waals surface area (Å²) in [5, 5.41) is 11.3. The van der Waals surface area contributed by atoms with E-state index in [0.717, 1.165) is 6.42 Å². The van der Waals surface area contributed by atoms with Gasteiger partial charge in [-0.05, 0) is 13.3 Å². The van der Waals surface area contributed by atoms with Gasteiger partial charge in [-0.2, -0.15) is 0 Å². The van der Waals surface area contributed by atoms with Crippen molar-refractivity contribution in [2.24, 2.45) is 17.1 Å². The molecule has 6 nitrogen and oxygen atoms in total. The number of nitrogens with two attached hydrogens (primary N) is 1. The minimum atomic E-state index is -1.07. The van der Waals surface area contributed by atoms with Gasteiger partial charge in [0, 0.05) is 17.9 Å². The molecule has 3 unspecified atom stereocenters. The monoisotopic (exact) mass is 256 g/mol. The Balaban J connectivity index is 2.16. The van der Waals surface area contributed by atoms with E-state index in [-0.39, 0.29) is 12.0 Å². The van der Waals surface area contributed by atoms with Gasteiger partial charge < -0.3 is 20.9 Å². The molecule has 0 bridgehead atoms. The molecule has 0 aromatic heterocycles. The number of carbonyl (C=O) groups excluding carboxylic acids is 1. The van der Waals surface area contributed by atoms with E-state index in [1.807, 2.05) is 13.8 Å². The lowest BCUT2D eigenvalue weighted by atomic mass is 9.48. The maximum Gasteiger partial charge on any atom is 0.325 e. The molecule has 4 N–H and O–H groups in total. The largest absolute Gasteiger partial charge is 0.480 e. The third kappa shape index (κ3) is 1.48. The predicted octanol–water partition coefficient (Wildman–Crippen LogP) is -0.282. The molecule has 102 valence electrons. The van der Waals surface area contributed by atoms with Crippen molar-refractivity contribution in [2.45, 2.75) is 44.9 Å². The highest BCUT2D eigenvalue weighted by atomic mass is 16.5. The zero-order valence-electron chi connectivity index (χ0n) is 10.9. The molecule has 4 atom stereocenters. The van der Waals surface area contributed by atoms with E-state index in [4.69, 9.17) is 15.6 Å². The second-order valence-corrected chi connectivity index (χ2v) is 5.81. The van der Waals surface area contributed by atoms with Gasteiger partial charge in [0.1, 0.15) is 11.6 Å². The molecule has 1 heterocycles. The second-order valence-electron chi connectivity index (χ2n) is 5.81. The van der Waals surface area contributed by atoms with Crippen molar-refractivity contribution in [1.29, 1.82) is 0 Å². The lowest BCUT2D eigenvalue weighted by molar-refractivity contribution is -0.176. The fourth-order valence-corrected chi connectivity index (χ4v) is 3.22. The van der Waals surface area contributed by atoms with Crippen molar-refractivity contribution in [3.63, 3.8) is 0 Å². The van der Waals surface area contributed by atoms with Crippen LogP contribution < -0.4 is 11.1 Å². The van der Waals surface area contributed by atoms with Crippen LogP contribution in [0.5, 0.6) is 0 Å². The number of amides is 1. The van der Waals surface area contributed by atoms with E-state index in [1.165, 1.54) is 6.92 Å². The number of carbonyl (C=O) groups is 2. The average molecular weight is 256 g/mol. The summed E-state index contributed by atoms with van der Waals surface area (Å²) in [5.74, 6) is -1.48. The van der Waals surface area contributed by atoms with E-state index in [0.29, 0.717) is 6.61 Å². The predicted molar refractivity (Wildman–Crippen MR) is 63.8 cm³/mol. The van der Waals surface area contributed by atoms with Crippen LogP contribution in [0, 0.1) is 11.3 Å². The summed E-state index contributed by atoms with van der Waals surface area (Å²) in [6.45, 7) is 5.83. The van der Waals surface area contributed by atoms with Crippen molar-refractivity contribution in [3.05, 3.63) is 0 Å². The molecule has 1 aliphatic carbocycles. The number of aliphatic carboxylic acids is 1. The summed E-state index contributed by atoms with van der Waals surface area (Å²) < 4.78 is 5.59. The van der Waals surface area contributed by atoms with Crippen molar-refractivity contribution in [3.8, 4) is 0 Å². The minimum Gasteiger partial charge on any atom is -0.480 e. The first-order valence-electron chi connectivity index (χ1n) is 6.17. The van der Waals surface area contributed by atoms with Crippen LogP contribution >= 0.6 is 0 Å². The van der Waals surface area contributed by atoms with Crippen LogP contribution in [-0.2, 0) is 14.3 Å². The summed E-state index contributed by atoms with van der Waals surface area (Å²) in [5.41, 5.74) is 4.75. The summed E-state index contributed by atoms with van der Waals surface area (Å²) in [6, 6.07) is -0.935. The molecule has 1 saturated carbocycles. The first-order valence-corrected chi connectivity index (χ1v) is 6.17. The van der Waals surface area contributed by atoms with E-state index >= 15 is 0 Å². The molecule has 2 fully saturated rings. The highest BCUT2D eigenvalue weighted by molar-refractivity contribution is 5.92. The Bertz CT molecular complexity index is 396. The lowest BCUT2D eigenvalue weighted by Gasteiger charge is -2.60. The zero-order valence-corrected chi connectivity index (χ0v) is 10.9. The van der Waals surface area contributed by atoms with Gasteiger partial charge in [-0.15, -0.1) is 0 Å². The SMILES string of the molecule is C[C@@H](NC(=O)C1(N)C2CCOC2C1(C)C)C(=O)O. The smallest absolute Gasteiger partial charge is 0.325 e. The van der Waals surface area contributed by atoms with Gasteiger partial charge in [-0.25, -0.2) is 0 Å².